The third-order valence-electron chi connectivity index (χ3n) is 3.23. The number of carbonyl (C=O) groups is 2. The summed E-state index contributed by atoms with van der Waals surface area (Å²) in [5.74, 6) is -1.06. The van der Waals surface area contributed by atoms with Crippen LogP contribution in [-0.2, 0) is 0 Å². The van der Waals surface area contributed by atoms with E-state index < -0.39 is 12.0 Å². The lowest BCUT2D eigenvalue weighted by molar-refractivity contribution is 0.0697. The van der Waals surface area contributed by atoms with E-state index in [1.807, 2.05) is 12.1 Å². The summed E-state index contributed by atoms with van der Waals surface area (Å²) < 4.78 is 0. The zero-order valence-electron chi connectivity index (χ0n) is 11.6. The SMILES string of the molecule is CN1CCN(NC(=O)Nc2ccc(C(=O)O)cc2Cl)CC1. The van der Waals surface area contributed by atoms with Gasteiger partial charge in [-0.25, -0.2) is 14.6 Å². The molecule has 2 rings (SSSR count). The number of benzene rings is 1. The molecular weight excluding hydrogens is 296 g/mol. The van der Waals surface area contributed by atoms with E-state index in [9.17, 15) is 9.59 Å². The largest absolute Gasteiger partial charge is 0.478 e. The maximum absolute atomic E-state index is 11.9. The second-order valence-corrected chi connectivity index (χ2v) is 5.26. The quantitative estimate of drug-likeness (QED) is 0.784. The maximum atomic E-state index is 11.9. The highest BCUT2D eigenvalue weighted by atomic mass is 35.5. The summed E-state index contributed by atoms with van der Waals surface area (Å²) in [5.41, 5.74) is 3.18. The van der Waals surface area contributed by atoms with Crippen LogP contribution in [0, 0.1) is 0 Å². The number of carboxylic acid groups (broad SMARTS) is 1. The molecular formula is C13H17ClN4O3. The van der Waals surface area contributed by atoms with Gasteiger partial charge in [-0.2, -0.15) is 0 Å². The number of carboxylic acids is 1. The van der Waals surface area contributed by atoms with Crippen LogP contribution in [0.1, 0.15) is 10.4 Å². The Bertz CT molecular complexity index is 544. The highest BCUT2D eigenvalue weighted by Crippen LogP contribution is 2.23. The van der Waals surface area contributed by atoms with Crippen molar-refractivity contribution < 1.29 is 14.7 Å². The van der Waals surface area contributed by atoms with Crippen LogP contribution in [-0.4, -0.2) is 60.2 Å². The Morgan fingerprint density at radius 3 is 2.48 bits per heavy atom. The van der Waals surface area contributed by atoms with Gasteiger partial charge >= 0.3 is 12.0 Å². The van der Waals surface area contributed by atoms with Crippen LogP contribution in [0.3, 0.4) is 0 Å². The van der Waals surface area contributed by atoms with Crippen LogP contribution in [0.25, 0.3) is 0 Å². The highest BCUT2D eigenvalue weighted by Gasteiger charge is 2.16. The molecule has 0 atom stereocenters. The zero-order valence-corrected chi connectivity index (χ0v) is 12.4. The summed E-state index contributed by atoms with van der Waals surface area (Å²) in [4.78, 5) is 24.9. The number of rotatable bonds is 3. The molecule has 1 aromatic rings. The number of aromatic carboxylic acids is 1. The predicted molar refractivity (Wildman–Crippen MR) is 79.6 cm³/mol. The zero-order chi connectivity index (χ0) is 15.4. The predicted octanol–water partition coefficient (Wildman–Crippen LogP) is 1.32. The van der Waals surface area contributed by atoms with E-state index in [0.717, 1.165) is 26.2 Å². The molecule has 0 radical (unpaired) electrons. The van der Waals surface area contributed by atoms with E-state index in [2.05, 4.69) is 15.6 Å². The van der Waals surface area contributed by atoms with Gasteiger partial charge in [-0.05, 0) is 25.2 Å². The molecule has 0 aliphatic carbocycles. The number of hydrogen-bond donors (Lipinski definition) is 3. The van der Waals surface area contributed by atoms with Crippen molar-refractivity contribution in [2.45, 2.75) is 0 Å². The molecule has 0 aromatic heterocycles. The van der Waals surface area contributed by atoms with Crippen molar-refractivity contribution in [3.63, 3.8) is 0 Å². The second kappa shape index (κ2) is 6.75. The number of hydrazine groups is 1. The third kappa shape index (κ3) is 4.32. The normalized spacial score (nSPS) is 16.5. The molecule has 1 aliphatic rings. The number of amides is 2. The van der Waals surface area contributed by atoms with Gasteiger partial charge in [0.2, 0.25) is 0 Å². The Hall–Kier alpha value is -1.83. The average molecular weight is 313 g/mol. The van der Waals surface area contributed by atoms with Crippen molar-refractivity contribution in [2.75, 3.05) is 38.5 Å². The minimum absolute atomic E-state index is 0.0741. The summed E-state index contributed by atoms with van der Waals surface area (Å²) in [7, 11) is 2.03. The van der Waals surface area contributed by atoms with Crippen molar-refractivity contribution in [1.82, 2.24) is 15.3 Å². The number of nitrogens with zero attached hydrogens (tertiary/aromatic N) is 2. The minimum Gasteiger partial charge on any atom is -0.478 e. The van der Waals surface area contributed by atoms with E-state index in [0.29, 0.717) is 5.69 Å². The fourth-order valence-corrected chi connectivity index (χ4v) is 2.19. The lowest BCUT2D eigenvalue weighted by Gasteiger charge is -2.32. The van der Waals surface area contributed by atoms with Crippen LogP contribution in [0.15, 0.2) is 18.2 Å². The Kier molecular flexibility index (Phi) is 5.00. The monoisotopic (exact) mass is 312 g/mol. The summed E-state index contributed by atoms with van der Waals surface area (Å²) in [5, 5.41) is 13.5. The van der Waals surface area contributed by atoms with Crippen LogP contribution in [0.5, 0.6) is 0 Å². The van der Waals surface area contributed by atoms with Crippen molar-refractivity contribution >= 4 is 29.3 Å². The first-order chi connectivity index (χ1) is 9.95. The highest BCUT2D eigenvalue weighted by molar-refractivity contribution is 6.34. The smallest absolute Gasteiger partial charge is 0.335 e. The van der Waals surface area contributed by atoms with Crippen molar-refractivity contribution in [2.24, 2.45) is 0 Å². The first-order valence-electron chi connectivity index (χ1n) is 6.49. The molecule has 0 bridgehead atoms. The van der Waals surface area contributed by atoms with Crippen LogP contribution in [0.2, 0.25) is 5.02 Å². The van der Waals surface area contributed by atoms with Crippen LogP contribution >= 0.6 is 11.6 Å². The lowest BCUT2D eigenvalue weighted by atomic mass is 10.2. The third-order valence-corrected chi connectivity index (χ3v) is 3.54. The van der Waals surface area contributed by atoms with Gasteiger partial charge in [0, 0.05) is 26.2 Å². The summed E-state index contributed by atoms with van der Waals surface area (Å²) in [6, 6.07) is 3.76. The lowest BCUT2D eigenvalue weighted by Crippen LogP contribution is -2.53. The van der Waals surface area contributed by atoms with E-state index in [1.165, 1.54) is 18.2 Å². The number of nitrogens with one attached hydrogen (secondary N) is 2. The molecule has 0 saturated carbocycles. The first kappa shape index (κ1) is 15.6. The summed E-state index contributed by atoms with van der Waals surface area (Å²) >= 11 is 5.95. The van der Waals surface area contributed by atoms with Crippen molar-refractivity contribution in [3.8, 4) is 0 Å². The van der Waals surface area contributed by atoms with Gasteiger partial charge in [0.25, 0.3) is 0 Å². The molecule has 1 fully saturated rings. The fourth-order valence-electron chi connectivity index (χ4n) is 1.96. The number of hydrogen-bond acceptors (Lipinski definition) is 4. The van der Waals surface area contributed by atoms with E-state index >= 15 is 0 Å². The van der Waals surface area contributed by atoms with Gasteiger partial charge in [-0.1, -0.05) is 11.6 Å². The number of likely N-dealkylation sites (N-methyl/N-ethyl adjacent to an activating group) is 1. The number of piperazine rings is 1. The Morgan fingerprint density at radius 1 is 1.24 bits per heavy atom. The molecule has 1 aliphatic heterocycles. The molecule has 1 saturated heterocycles. The summed E-state index contributed by atoms with van der Waals surface area (Å²) in [6.45, 7) is 3.26. The molecule has 1 aromatic carbocycles. The molecule has 7 nitrogen and oxygen atoms in total. The number of anilines is 1. The van der Waals surface area contributed by atoms with Gasteiger partial charge in [-0.15, -0.1) is 0 Å². The maximum Gasteiger partial charge on any atom is 0.335 e. The standard InChI is InChI=1S/C13H17ClN4O3/c1-17-4-6-18(7-5-17)16-13(21)15-11-3-2-9(12(19)20)8-10(11)14/h2-3,8H,4-7H2,1H3,(H,19,20)(H2,15,16,21). The fraction of sp³-hybridized carbons (Fsp3) is 0.385. The van der Waals surface area contributed by atoms with Gasteiger partial charge in [0.05, 0.1) is 16.3 Å². The molecule has 0 spiro atoms. The Balaban J connectivity index is 1.92. The van der Waals surface area contributed by atoms with Crippen molar-refractivity contribution in [1.29, 1.82) is 0 Å². The van der Waals surface area contributed by atoms with Crippen LogP contribution < -0.4 is 10.7 Å². The number of halogens is 1. The molecule has 8 heteroatoms. The second-order valence-electron chi connectivity index (χ2n) is 4.86. The van der Waals surface area contributed by atoms with E-state index in [4.69, 9.17) is 16.7 Å². The molecule has 1 heterocycles. The molecule has 2 amide bonds. The number of carbonyl (C=O) groups excluding carboxylic acids is 1. The first-order valence-corrected chi connectivity index (χ1v) is 6.87. The molecule has 0 unspecified atom stereocenters. The summed E-state index contributed by atoms with van der Waals surface area (Å²) in [6.07, 6.45) is 0. The van der Waals surface area contributed by atoms with E-state index in [1.54, 1.807) is 0 Å². The molecule has 3 N–H and O–H groups in total. The van der Waals surface area contributed by atoms with E-state index in [-0.39, 0.29) is 10.6 Å². The Labute approximate surface area is 127 Å². The average Bonchev–Trinajstić information content (AvgIpc) is 2.43. The Morgan fingerprint density at radius 2 is 1.90 bits per heavy atom. The number of urea groups is 1. The molecule has 114 valence electrons. The van der Waals surface area contributed by atoms with Crippen molar-refractivity contribution in [3.05, 3.63) is 28.8 Å². The molecule has 21 heavy (non-hydrogen) atoms. The minimum atomic E-state index is -1.06. The van der Waals surface area contributed by atoms with Gasteiger partial charge < -0.3 is 15.3 Å². The topological polar surface area (TPSA) is 84.9 Å². The van der Waals surface area contributed by atoms with Gasteiger partial charge in [0.15, 0.2) is 0 Å². The van der Waals surface area contributed by atoms with Gasteiger partial charge in [-0.3, -0.25) is 5.43 Å². The van der Waals surface area contributed by atoms with Gasteiger partial charge in [0.1, 0.15) is 0 Å². The van der Waals surface area contributed by atoms with Crippen LogP contribution in [0.4, 0.5) is 10.5 Å².